The minimum atomic E-state index is -0.603. The van der Waals surface area contributed by atoms with Gasteiger partial charge in [-0.1, -0.05) is 36.8 Å². The molecule has 4 heteroatoms. The van der Waals surface area contributed by atoms with E-state index >= 15 is 0 Å². The van der Waals surface area contributed by atoms with Gasteiger partial charge in [-0.15, -0.1) is 0 Å². The van der Waals surface area contributed by atoms with Crippen LogP contribution < -0.4 is 5.43 Å². The van der Waals surface area contributed by atoms with E-state index in [4.69, 9.17) is 4.74 Å². The maximum atomic E-state index is 12.1. The number of nitrogens with zero attached hydrogens (tertiary/aromatic N) is 1. The lowest BCUT2D eigenvalue weighted by molar-refractivity contribution is -0.131. The van der Waals surface area contributed by atoms with Crippen LogP contribution >= 0.6 is 0 Å². The second-order valence-corrected chi connectivity index (χ2v) is 4.74. The predicted octanol–water partition coefficient (Wildman–Crippen LogP) is 2.81. The molecule has 1 aromatic rings. The summed E-state index contributed by atoms with van der Waals surface area (Å²) in [6.07, 6.45) is 4.97. The number of carbonyl (C=O) groups excluding carboxylic acids is 1. The number of hydrogen-bond donors (Lipinski definition) is 1. The van der Waals surface area contributed by atoms with Crippen molar-refractivity contribution in [2.45, 2.75) is 38.2 Å². The molecule has 0 aliphatic heterocycles. The number of ether oxygens (including phenoxy) is 1. The fourth-order valence-electron chi connectivity index (χ4n) is 2.29. The highest BCUT2D eigenvalue weighted by atomic mass is 16.5. The van der Waals surface area contributed by atoms with E-state index < -0.39 is 6.10 Å². The van der Waals surface area contributed by atoms with E-state index in [0.29, 0.717) is 0 Å². The van der Waals surface area contributed by atoms with Crippen LogP contribution in [0.2, 0.25) is 0 Å². The molecule has 2 rings (SSSR count). The molecule has 19 heavy (non-hydrogen) atoms. The lowest BCUT2D eigenvalue weighted by Gasteiger charge is -2.15. The summed E-state index contributed by atoms with van der Waals surface area (Å²) in [5.74, 6) is -0.216. The molecule has 0 heterocycles. The van der Waals surface area contributed by atoms with Crippen molar-refractivity contribution in [3.8, 4) is 0 Å². The van der Waals surface area contributed by atoms with Crippen LogP contribution in [0, 0.1) is 0 Å². The highest BCUT2D eigenvalue weighted by Crippen LogP contribution is 2.17. The van der Waals surface area contributed by atoms with E-state index in [2.05, 4.69) is 10.5 Å². The van der Waals surface area contributed by atoms with Crippen LogP contribution in [0.15, 0.2) is 35.4 Å². The third kappa shape index (κ3) is 3.89. The second-order valence-electron chi connectivity index (χ2n) is 4.74. The van der Waals surface area contributed by atoms with E-state index in [-0.39, 0.29) is 5.91 Å². The van der Waals surface area contributed by atoms with Crippen molar-refractivity contribution < 1.29 is 9.53 Å². The molecule has 102 valence electrons. The molecule has 0 spiro atoms. The fraction of sp³-hybridized carbons (Fsp3) is 0.467. The van der Waals surface area contributed by atoms with Gasteiger partial charge in [-0.3, -0.25) is 4.79 Å². The highest BCUT2D eigenvalue weighted by Gasteiger charge is 2.19. The van der Waals surface area contributed by atoms with Crippen molar-refractivity contribution in [3.63, 3.8) is 0 Å². The molecule has 1 atom stereocenters. The van der Waals surface area contributed by atoms with Crippen molar-refractivity contribution in [3.05, 3.63) is 35.9 Å². The molecule has 0 saturated heterocycles. The van der Waals surface area contributed by atoms with Crippen molar-refractivity contribution in [2.75, 3.05) is 7.11 Å². The van der Waals surface area contributed by atoms with Crippen LogP contribution in [0.5, 0.6) is 0 Å². The summed E-state index contributed by atoms with van der Waals surface area (Å²) in [4.78, 5) is 12.1. The van der Waals surface area contributed by atoms with E-state index in [1.54, 1.807) is 0 Å². The number of nitrogens with one attached hydrogen (secondary N) is 1. The van der Waals surface area contributed by atoms with Crippen LogP contribution in [-0.4, -0.2) is 18.7 Å². The summed E-state index contributed by atoms with van der Waals surface area (Å²) in [5.41, 5.74) is 4.55. The molecular formula is C15H20N2O2. The van der Waals surface area contributed by atoms with Crippen LogP contribution in [0.3, 0.4) is 0 Å². The zero-order valence-corrected chi connectivity index (χ0v) is 11.3. The Morgan fingerprint density at radius 1 is 1.21 bits per heavy atom. The summed E-state index contributed by atoms with van der Waals surface area (Å²) >= 11 is 0. The van der Waals surface area contributed by atoms with E-state index in [1.165, 1.54) is 26.4 Å². The first-order valence-corrected chi connectivity index (χ1v) is 6.74. The lowest BCUT2D eigenvalue weighted by Crippen LogP contribution is -2.27. The summed E-state index contributed by atoms with van der Waals surface area (Å²) in [6, 6.07) is 9.45. The first kappa shape index (κ1) is 13.7. The third-order valence-corrected chi connectivity index (χ3v) is 3.33. The zero-order valence-electron chi connectivity index (χ0n) is 11.3. The van der Waals surface area contributed by atoms with Gasteiger partial charge in [0, 0.05) is 12.8 Å². The van der Waals surface area contributed by atoms with Gasteiger partial charge in [-0.25, -0.2) is 5.43 Å². The molecular weight excluding hydrogens is 240 g/mol. The Bertz CT molecular complexity index is 435. The van der Waals surface area contributed by atoms with Crippen LogP contribution in [0.1, 0.15) is 43.8 Å². The van der Waals surface area contributed by atoms with Crippen LogP contribution in [0.4, 0.5) is 0 Å². The molecule has 1 aliphatic rings. The quantitative estimate of drug-likeness (QED) is 0.846. The zero-order chi connectivity index (χ0) is 13.5. The number of carbonyl (C=O) groups is 1. The van der Waals surface area contributed by atoms with Gasteiger partial charge in [0.15, 0.2) is 6.10 Å². The van der Waals surface area contributed by atoms with Gasteiger partial charge in [0.25, 0.3) is 5.91 Å². The molecule has 1 aromatic carbocycles. The van der Waals surface area contributed by atoms with E-state index in [1.807, 2.05) is 30.3 Å². The Labute approximate surface area is 113 Å². The van der Waals surface area contributed by atoms with Gasteiger partial charge >= 0.3 is 0 Å². The SMILES string of the molecule is CO[C@H](C(=O)NN=C1CCCCC1)c1ccccc1. The maximum absolute atomic E-state index is 12.1. The first-order valence-electron chi connectivity index (χ1n) is 6.74. The molecule has 0 aromatic heterocycles. The molecule has 1 fully saturated rings. The minimum absolute atomic E-state index is 0.216. The smallest absolute Gasteiger partial charge is 0.273 e. The van der Waals surface area contributed by atoms with Gasteiger partial charge in [-0.2, -0.15) is 5.10 Å². The van der Waals surface area contributed by atoms with Gasteiger partial charge in [0.2, 0.25) is 0 Å². The first-order chi connectivity index (χ1) is 9.31. The number of rotatable bonds is 4. The Morgan fingerprint density at radius 2 is 1.89 bits per heavy atom. The maximum Gasteiger partial charge on any atom is 0.273 e. The highest BCUT2D eigenvalue weighted by molar-refractivity contribution is 5.88. The van der Waals surface area contributed by atoms with E-state index in [0.717, 1.165) is 24.1 Å². The molecule has 1 aliphatic carbocycles. The normalized spacial score (nSPS) is 16.8. The monoisotopic (exact) mass is 260 g/mol. The average molecular weight is 260 g/mol. The van der Waals surface area contributed by atoms with Gasteiger partial charge in [-0.05, 0) is 31.2 Å². The van der Waals surface area contributed by atoms with Gasteiger partial charge in [0.1, 0.15) is 0 Å². The van der Waals surface area contributed by atoms with E-state index in [9.17, 15) is 4.79 Å². The minimum Gasteiger partial charge on any atom is -0.367 e. The molecule has 0 bridgehead atoms. The largest absolute Gasteiger partial charge is 0.367 e. The van der Waals surface area contributed by atoms with Crippen molar-refractivity contribution in [2.24, 2.45) is 5.10 Å². The van der Waals surface area contributed by atoms with Gasteiger partial charge in [0.05, 0.1) is 0 Å². The van der Waals surface area contributed by atoms with Gasteiger partial charge < -0.3 is 4.74 Å². The number of hydrazone groups is 1. The molecule has 0 unspecified atom stereocenters. The standard InChI is InChI=1S/C15H20N2O2/c1-19-14(12-8-4-2-5-9-12)15(18)17-16-13-10-6-3-7-11-13/h2,4-5,8-9,14H,3,6-7,10-11H2,1H3,(H,17,18)/t14-/m0/s1. The number of hydrogen-bond acceptors (Lipinski definition) is 3. The second kappa shape index (κ2) is 7.04. The third-order valence-electron chi connectivity index (χ3n) is 3.33. The summed E-state index contributed by atoms with van der Waals surface area (Å²) in [6.45, 7) is 0. The Hall–Kier alpha value is -1.68. The molecule has 1 saturated carbocycles. The number of benzene rings is 1. The summed E-state index contributed by atoms with van der Waals surface area (Å²) in [5, 5.41) is 4.21. The lowest BCUT2D eigenvalue weighted by atomic mass is 9.99. The Kier molecular flexibility index (Phi) is 5.10. The molecule has 0 radical (unpaired) electrons. The number of methoxy groups -OCH3 is 1. The van der Waals surface area contributed by atoms with Crippen molar-refractivity contribution in [1.82, 2.24) is 5.43 Å². The fourth-order valence-corrected chi connectivity index (χ4v) is 2.29. The molecule has 1 amide bonds. The van der Waals surface area contributed by atoms with Crippen molar-refractivity contribution in [1.29, 1.82) is 0 Å². The predicted molar refractivity (Wildman–Crippen MR) is 74.9 cm³/mol. The average Bonchev–Trinajstić information content (AvgIpc) is 2.48. The molecule has 1 N–H and O–H groups in total. The van der Waals surface area contributed by atoms with Crippen LogP contribution in [0.25, 0.3) is 0 Å². The molecule has 4 nitrogen and oxygen atoms in total. The summed E-state index contributed by atoms with van der Waals surface area (Å²) in [7, 11) is 1.53. The Morgan fingerprint density at radius 3 is 2.53 bits per heavy atom. The van der Waals surface area contributed by atoms with Crippen molar-refractivity contribution >= 4 is 11.6 Å². The topological polar surface area (TPSA) is 50.7 Å². The summed E-state index contributed by atoms with van der Waals surface area (Å²) < 4.78 is 5.26. The van der Waals surface area contributed by atoms with Crippen LogP contribution in [-0.2, 0) is 9.53 Å². The number of amides is 1. The Balaban J connectivity index is 1.97.